The van der Waals surface area contributed by atoms with Crippen molar-refractivity contribution >= 4 is 17.0 Å². The molecule has 0 fully saturated rings. The smallest absolute Gasteiger partial charge is 0.0949 e. The Hall–Kier alpha value is -1.35. The fourth-order valence-corrected chi connectivity index (χ4v) is 3.56. The molecule has 1 aromatic heterocycles. The first-order valence-electron chi connectivity index (χ1n) is 6.82. The molecule has 1 aromatic carbocycles. The number of thiazole rings is 1. The zero-order valence-corrected chi connectivity index (χ0v) is 12.6. The number of nitrogens with zero attached hydrogens (tertiary/aromatic N) is 1. The maximum absolute atomic E-state index is 4.79. The average Bonchev–Trinajstić information content (AvgIpc) is 2.94. The lowest BCUT2D eigenvalue weighted by Crippen LogP contribution is -2.19. The number of hydrogen-bond donors (Lipinski definition) is 1. The molecule has 1 N–H and O–H groups in total. The highest BCUT2D eigenvalue weighted by molar-refractivity contribution is 7.09. The van der Waals surface area contributed by atoms with Crippen molar-refractivity contribution in [1.29, 1.82) is 0 Å². The van der Waals surface area contributed by atoms with E-state index >= 15 is 0 Å². The summed E-state index contributed by atoms with van der Waals surface area (Å²) in [5.74, 6) is 0. The van der Waals surface area contributed by atoms with Crippen molar-refractivity contribution in [2.45, 2.75) is 45.1 Å². The van der Waals surface area contributed by atoms with Crippen LogP contribution in [0.5, 0.6) is 0 Å². The predicted molar refractivity (Wildman–Crippen MR) is 82.1 cm³/mol. The van der Waals surface area contributed by atoms with E-state index in [0.29, 0.717) is 6.04 Å². The van der Waals surface area contributed by atoms with Gasteiger partial charge < -0.3 is 5.32 Å². The molecule has 1 atom stereocenters. The van der Waals surface area contributed by atoms with Crippen LogP contribution in [0.2, 0.25) is 0 Å². The van der Waals surface area contributed by atoms with E-state index in [2.05, 4.69) is 55.7 Å². The maximum Gasteiger partial charge on any atom is 0.0949 e. The number of para-hydroxylation sites is 1. The van der Waals surface area contributed by atoms with Crippen LogP contribution in [-0.2, 0) is 18.3 Å². The molecule has 1 aliphatic rings. The molecular formula is C16H20N2S. The molecule has 0 spiro atoms. The Morgan fingerprint density at radius 2 is 2.11 bits per heavy atom. The molecule has 3 rings (SSSR count). The third kappa shape index (κ3) is 2.66. The fraction of sp³-hybridized carbons (Fsp3) is 0.438. The molecule has 1 unspecified atom stereocenters. The van der Waals surface area contributed by atoms with Crippen molar-refractivity contribution in [3.8, 4) is 0 Å². The second kappa shape index (κ2) is 4.64. The first-order valence-corrected chi connectivity index (χ1v) is 7.69. The van der Waals surface area contributed by atoms with Gasteiger partial charge in [-0.25, -0.2) is 4.98 Å². The predicted octanol–water partition coefficient (Wildman–Crippen LogP) is 4.02. The lowest BCUT2D eigenvalue weighted by Gasteiger charge is -2.14. The molecule has 19 heavy (non-hydrogen) atoms. The van der Waals surface area contributed by atoms with E-state index in [0.717, 1.165) is 12.8 Å². The van der Waals surface area contributed by atoms with E-state index in [-0.39, 0.29) is 5.41 Å². The summed E-state index contributed by atoms with van der Waals surface area (Å²) in [6.45, 7) is 6.65. The Kier molecular flexibility index (Phi) is 3.09. The highest BCUT2D eigenvalue weighted by Gasteiger charge is 2.23. The molecule has 0 saturated heterocycles. The van der Waals surface area contributed by atoms with Crippen molar-refractivity contribution in [2.24, 2.45) is 0 Å². The Morgan fingerprint density at radius 1 is 1.32 bits per heavy atom. The lowest BCUT2D eigenvalue weighted by molar-refractivity contribution is 0.569. The number of hydrogen-bond acceptors (Lipinski definition) is 3. The molecule has 0 saturated carbocycles. The van der Waals surface area contributed by atoms with Gasteiger partial charge in [-0.1, -0.05) is 39.0 Å². The highest BCUT2D eigenvalue weighted by atomic mass is 32.1. The molecule has 0 radical (unpaired) electrons. The van der Waals surface area contributed by atoms with E-state index in [4.69, 9.17) is 4.98 Å². The van der Waals surface area contributed by atoms with Gasteiger partial charge in [0.25, 0.3) is 0 Å². The molecule has 100 valence electrons. The normalized spacial score (nSPS) is 18.2. The van der Waals surface area contributed by atoms with Crippen LogP contribution in [0.3, 0.4) is 0 Å². The monoisotopic (exact) mass is 272 g/mol. The Labute approximate surface area is 118 Å². The van der Waals surface area contributed by atoms with E-state index in [1.165, 1.54) is 22.0 Å². The van der Waals surface area contributed by atoms with Gasteiger partial charge in [-0.05, 0) is 18.1 Å². The molecule has 2 nitrogen and oxygen atoms in total. The average molecular weight is 272 g/mol. The molecular weight excluding hydrogens is 252 g/mol. The number of aromatic nitrogens is 1. The van der Waals surface area contributed by atoms with Crippen molar-refractivity contribution in [3.05, 3.63) is 45.9 Å². The zero-order valence-electron chi connectivity index (χ0n) is 11.7. The number of fused-ring (bicyclic) bond motifs is 1. The van der Waals surface area contributed by atoms with Gasteiger partial charge in [0.1, 0.15) is 0 Å². The first-order chi connectivity index (χ1) is 9.02. The third-order valence-electron chi connectivity index (χ3n) is 3.58. The Morgan fingerprint density at radius 3 is 2.79 bits per heavy atom. The molecule has 2 aromatic rings. The second-order valence-electron chi connectivity index (χ2n) is 6.28. The number of anilines is 1. The SMILES string of the molecule is CC(C)(C)c1csc(CC2Cc3ccccc3N2)n1. The van der Waals surface area contributed by atoms with Gasteiger partial charge in [-0.15, -0.1) is 11.3 Å². The quantitative estimate of drug-likeness (QED) is 0.893. The topological polar surface area (TPSA) is 24.9 Å². The summed E-state index contributed by atoms with van der Waals surface area (Å²) < 4.78 is 0. The van der Waals surface area contributed by atoms with Crippen molar-refractivity contribution in [3.63, 3.8) is 0 Å². The van der Waals surface area contributed by atoms with Crippen LogP contribution in [0.25, 0.3) is 0 Å². The van der Waals surface area contributed by atoms with Gasteiger partial charge in [-0.2, -0.15) is 0 Å². The van der Waals surface area contributed by atoms with E-state index < -0.39 is 0 Å². The second-order valence-corrected chi connectivity index (χ2v) is 7.23. The summed E-state index contributed by atoms with van der Waals surface area (Å²) in [6, 6.07) is 9.08. The van der Waals surface area contributed by atoms with Crippen LogP contribution in [0.15, 0.2) is 29.6 Å². The van der Waals surface area contributed by atoms with Crippen LogP contribution in [0.1, 0.15) is 37.0 Å². The molecule has 0 aliphatic carbocycles. The minimum Gasteiger partial charge on any atom is -0.381 e. The van der Waals surface area contributed by atoms with Gasteiger partial charge in [0.15, 0.2) is 0 Å². The summed E-state index contributed by atoms with van der Waals surface area (Å²) in [5.41, 5.74) is 4.09. The summed E-state index contributed by atoms with van der Waals surface area (Å²) in [5, 5.41) is 7.05. The van der Waals surface area contributed by atoms with Gasteiger partial charge in [0, 0.05) is 28.9 Å². The molecule has 3 heteroatoms. The molecule has 1 aliphatic heterocycles. The number of benzene rings is 1. The van der Waals surface area contributed by atoms with Crippen molar-refractivity contribution in [1.82, 2.24) is 4.98 Å². The summed E-state index contributed by atoms with van der Waals surface area (Å²) >= 11 is 1.79. The number of rotatable bonds is 2. The van der Waals surface area contributed by atoms with Gasteiger partial charge in [0.2, 0.25) is 0 Å². The minimum atomic E-state index is 0.154. The summed E-state index contributed by atoms with van der Waals surface area (Å²) in [7, 11) is 0. The Bertz CT molecular complexity index is 555. The molecule has 2 heterocycles. The maximum atomic E-state index is 4.79. The van der Waals surface area contributed by atoms with Crippen LogP contribution in [0.4, 0.5) is 5.69 Å². The van der Waals surface area contributed by atoms with Crippen LogP contribution < -0.4 is 5.32 Å². The first kappa shape index (κ1) is 12.7. The third-order valence-corrected chi connectivity index (χ3v) is 4.46. The minimum absolute atomic E-state index is 0.154. The van der Waals surface area contributed by atoms with Crippen LogP contribution in [0, 0.1) is 0 Å². The standard InChI is InChI=1S/C16H20N2S/c1-16(2,3)14-10-19-15(18-14)9-12-8-11-6-4-5-7-13(11)17-12/h4-7,10,12,17H,8-9H2,1-3H3. The van der Waals surface area contributed by atoms with Crippen LogP contribution >= 0.6 is 11.3 Å². The van der Waals surface area contributed by atoms with E-state index in [1.807, 2.05) is 0 Å². The summed E-state index contributed by atoms with van der Waals surface area (Å²) in [4.78, 5) is 4.79. The van der Waals surface area contributed by atoms with Crippen molar-refractivity contribution in [2.75, 3.05) is 5.32 Å². The van der Waals surface area contributed by atoms with Crippen LogP contribution in [-0.4, -0.2) is 11.0 Å². The number of nitrogens with one attached hydrogen (secondary N) is 1. The highest BCUT2D eigenvalue weighted by Crippen LogP contribution is 2.29. The summed E-state index contributed by atoms with van der Waals surface area (Å²) in [6.07, 6.45) is 2.13. The fourth-order valence-electron chi connectivity index (χ4n) is 2.46. The molecule has 0 bridgehead atoms. The zero-order chi connectivity index (χ0) is 13.5. The lowest BCUT2D eigenvalue weighted by atomic mass is 9.93. The van der Waals surface area contributed by atoms with Gasteiger partial charge >= 0.3 is 0 Å². The Balaban J connectivity index is 1.70. The van der Waals surface area contributed by atoms with E-state index in [9.17, 15) is 0 Å². The van der Waals surface area contributed by atoms with Gasteiger partial charge in [-0.3, -0.25) is 0 Å². The largest absolute Gasteiger partial charge is 0.381 e. The van der Waals surface area contributed by atoms with Gasteiger partial charge in [0.05, 0.1) is 10.7 Å². The van der Waals surface area contributed by atoms with Crippen molar-refractivity contribution < 1.29 is 0 Å². The molecule has 0 amide bonds. The van der Waals surface area contributed by atoms with E-state index in [1.54, 1.807) is 11.3 Å².